The van der Waals surface area contributed by atoms with Crippen LogP contribution in [0.3, 0.4) is 0 Å². The lowest BCUT2D eigenvalue weighted by atomic mass is 10.1. The van der Waals surface area contributed by atoms with Crippen molar-refractivity contribution in [3.05, 3.63) is 36.5 Å². The van der Waals surface area contributed by atoms with Crippen molar-refractivity contribution in [2.75, 3.05) is 13.2 Å². The molecular weight excluding hydrogens is 528 g/mol. The number of aliphatic hydroxyl groups excluding tert-OH is 1. The Morgan fingerprint density at radius 2 is 1.07 bits per heavy atom. The predicted octanol–water partition coefficient (Wildman–Crippen LogP) is 9.10. The molecule has 6 heteroatoms. The Kier molecular flexibility index (Phi) is 25.3. The number of hydrogen-bond donors (Lipinski definition) is 1. The van der Waals surface area contributed by atoms with E-state index in [1.165, 1.54) is 70.6 Å². The molecule has 0 spiro atoms. The van der Waals surface area contributed by atoms with E-state index in [0.717, 1.165) is 44.9 Å². The summed E-state index contributed by atoms with van der Waals surface area (Å²) in [5.74, 6) is -0.639. The van der Waals surface area contributed by atoms with Gasteiger partial charge in [0.1, 0.15) is 19.3 Å². The molecule has 0 saturated carbocycles. The van der Waals surface area contributed by atoms with Gasteiger partial charge in [0.15, 0.2) is 0 Å². The lowest BCUT2D eigenvalue weighted by Crippen LogP contribution is -2.25. The third-order valence-corrected chi connectivity index (χ3v) is 7.53. The zero-order chi connectivity index (χ0) is 30.5. The molecular formula is C36H62O6. The Morgan fingerprint density at radius 3 is 1.69 bits per heavy atom. The van der Waals surface area contributed by atoms with Crippen LogP contribution in [0.25, 0.3) is 0 Å². The topological polar surface area (TPSA) is 85.4 Å². The molecule has 1 heterocycles. The van der Waals surface area contributed by atoms with Gasteiger partial charge in [-0.3, -0.25) is 9.59 Å². The van der Waals surface area contributed by atoms with Gasteiger partial charge in [0.25, 0.3) is 0 Å². The van der Waals surface area contributed by atoms with E-state index in [4.69, 9.17) is 14.2 Å². The van der Waals surface area contributed by atoms with Gasteiger partial charge in [-0.1, -0.05) is 121 Å². The van der Waals surface area contributed by atoms with Gasteiger partial charge in [0.05, 0.1) is 12.2 Å². The average Bonchev–Trinajstić information content (AvgIpc) is 3.74. The molecule has 0 bridgehead atoms. The Hall–Kier alpha value is -1.92. The number of aliphatic hydroxyl groups is 1. The highest BCUT2D eigenvalue weighted by Crippen LogP contribution is 2.29. The van der Waals surface area contributed by atoms with Crippen LogP contribution in [0.4, 0.5) is 0 Å². The van der Waals surface area contributed by atoms with Gasteiger partial charge < -0.3 is 19.3 Å². The van der Waals surface area contributed by atoms with Crippen molar-refractivity contribution in [2.45, 2.75) is 167 Å². The Morgan fingerprint density at radius 1 is 0.619 bits per heavy atom. The van der Waals surface area contributed by atoms with E-state index in [9.17, 15) is 14.7 Å². The van der Waals surface area contributed by atoms with Crippen LogP contribution in [0, 0.1) is 0 Å². The van der Waals surface area contributed by atoms with Gasteiger partial charge in [-0.05, 0) is 51.4 Å². The quantitative estimate of drug-likeness (QED) is 0.0405. The highest BCUT2D eigenvalue weighted by atomic mass is 16.6. The van der Waals surface area contributed by atoms with Gasteiger partial charge in [0.2, 0.25) is 0 Å². The van der Waals surface area contributed by atoms with E-state index >= 15 is 0 Å². The number of esters is 2. The first-order chi connectivity index (χ1) is 20.6. The second-order valence-electron chi connectivity index (χ2n) is 11.7. The number of hydrogen-bond acceptors (Lipinski definition) is 6. The summed E-state index contributed by atoms with van der Waals surface area (Å²) in [4.78, 5) is 23.8. The highest BCUT2D eigenvalue weighted by molar-refractivity contribution is 5.69. The van der Waals surface area contributed by atoms with E-state index < -0.39 is 6.10 Å². The van der Waals surface area contributed by atoms with E-state index in [0.29, 0.717) is 31.5 Å². The van der Waals surface area contributed by atoms with Gasteiger partial charge >= 0.3 is 11.9 Å². The number of rotatable bonds is 29. The largest absolute Gasteiger partial charge is 0.463 e. The maximum atomic E-state index is 11.9. The van der Waals surface area contributed by atoms with Crippen LogP contribution in [0.5, 0.6) is 0 Å². The van der Waals surface area contributed by atoms with E-state index in [2.05, 4.69) is 50.3 Å². The molecule has 3 atom stereocenters. The number of carbonyl (C=O) groups is 2. The monoisotopic (exact) mass is 590 g/mol. The summed E-state index contributed by atoms with van der Waals surface area (Å²) >= 11 is 0. The highest BCUT2D eigenvalue weighted by Gasteiger charge is 2.35. The number of ether oxygens (including phenoxy) is 3. The van der Waals surface area contributed by atoms with Crippen LogP contribution < -0.4 is 0 Å². The average molecular weight is 591 g/mol. The smallest absolute Gasteiger partial charge is 0.305 e. The number of carbonyl (C=O) groups excluding carboxylic acids is 2. The number of epoxide rings is 1. The van der Waals surface area contributed by atoms with Crippen LogP contribution >= 0.6 is 0 Å². The molecule has 2 unspecified atom stereocenters. The Bertz CT molecular complexity index is 743. The fraction of sp³-hybridized carbons (Fsp3) is 0.778. The van der Waals surface area contributed by atoms with E-state index in [1.54, 1.807) is 0 Å². The van der Waals surface area contributed by atoms with Gasteiger partial charge in [-0.25, -0.2) is 0 Å². The first kappa shape index (κ1) is 38.1. The van der Waals surface area contributed by atoms with Crippen molar-refractivity contribution < 1.29 is 28.9 Å². The fourth-order valence-electron chi connectivity index (χ4n) is 4.77. The summed E-state index contributed by atoms with van der Waals surface area (Å²) in [7, 11) is 0. The Balaban J connectivity index is 1.90. The number of unbranched alkanes of at least 4 members (excludes halogenated alkanes) is 13. The first-order valence-electron chi connectivity index (χ1n) is 17.2. The van der Waals surface area contributed by atoms with Crippen molar-refractivity contribution >= 4 is 11.9 Å². The van der Waals surface area contributed by atoms with Gasteiger partial charge in [-0.15, -0.1) is 0 Å². The molecule has 1 saturated heterocycles. The van der Waals surface area contributed by atoms with E-state index in [-0.39, 0.29) is 25.2 Å². The third kappa shape index (κ3) is 24.7. The molecule has 0 aromatic heterocycles. The maximum absolute atomic E-state index is 11.9. The van der Waals surface area contributed by atoms with Crippen molar-refractivity contribution in [1.29, 1.82) is 0 Å². The van der Waals surface area contributed by atoms with Crippen molar-refractivity contribution in [3.63, 3.8) is 0 Å². The molecule has 1 rings (SSSR count). The third-order valence-electron chi connectivity index (χ3n) is 7.53. The zero-order valence-electron chi connectivity index (χ0n) is 26.9. The summed E-state index contributed by atoms with van der Waals surface area (Å²) in [6, 6.07) is 0. The minimum Gasteiger partial charge on any atom is -0.463 e. The van der Waals surface area contributed by atoms with Gasteiger partial charge in [-0.2, -0.15) is 0 Å². The standard InChI is InChI=1S/C36H62O6/c1-3-5-7-9-11-13-15-17-19-24-28-35(38)40-30-32(37)31-41-36(39)29-25-21-20-23-27-34-33(42-34)26-22-18-16-14-12-10-8-6-4-2/h12,14,18,20,22-23,32-34,37H,3-11,13,15-17,19,21,24-31H2,1-2H3/b14-12-,22-18-,23-20-/t32-,33?,34?/m0/s1. The summed E-state index contributed by atoms with van der Waals surface area (Å²) in [6.07, 6.45) is 35.1. The normalized spacial score (nSPS) is 17.4. The molecule has 0 aromatic carbocycles. The summed E-state index contributed by atoms with van der Waals surface area (Å²) in [6.45, 7) is 4.18. The first-order valence-corrected chi connectivity index (χ1v) is 17.2. The predicted molar refractivity (Wildman–Crippen MR) is 172 cm³/mol. The van der Waals surface area contributed by atoms with Crippen LogP contribution in [0.15, 0.2) is 36.5 Å². The van der Waals surface area contributed by atoms with Crippen molar-refractivity contribution in [3.8, 4) is 0 Å². The lowest BCUT2D eigenvalue weighted by Gasteiger charge is -2.12. The second kappa shape index (κ2) is 27.9. The molecule has 1 fully saturated rings. The molecule has 242 valence electrons. The second-order valence-corrected chi connectivity index (χ2v) is 11.7. The molecule has 1 aliphatic rings. The minimum atomic E-state index is -0.987. The van der Waals surface area contributed by atoms with Gasteiger partial charge in [0, 0.05) is 12.8 Å². The molecule has 1 N–H and O–H groups in total. The SMILES string of the molecule is CCCCC/C=C\C/C=C\CC1OC1C/C=C\CCCC(=O)OC[C@@H](O)COC(=O)CCCCCCCCCCCC. The van der Waals surface area contributed by atoms with Crippen LogP contribution in [0.1, 0.15) is 149 Å². The molecule has 0 radical (unpaired) electrons. The van der Waals surface area contributed by atoms with Crippen LogP contribution in [0.2, 0.25) is 0 Å². The van der Waals surface area contributed by atoms with E-state index in [1.807, 2.05) is 0 Å². The number of allylic oxidation sites excluding steroid dienone is 4. The molecule has 0 aliphatic carbocycles. The fourth-order valence-corrected chi connectivity index (χ4v) is 4.77. The molecule has 1 aliphatic heterocycles. The molecule has 42 heavy (non-hydrogen) atoms. The van der Waals surface area contributed by atoms with Crippen LogP contribution in [-0.4, -0.2) is 48.6 Å². The van der Waals surface area contributed by atoms with Crippen molar-refractivity contribution in [2.24, 2.45) is 0 Å². The summed E-state index contributed by atoms with van der Waals surface area (Å²) in [5.41, 5.74) is 0. The minimum absolute atomic E-state index is 0.136. The molecule has 0 aromatic rings. The summed E-state index contributed by atoms with van der Waals surface area (Å²) in [5, 5.41) is 9.96. The van der Waals surface area contributed by atoms with Crippen LogP contribution in [-0.2, 0) is 23.8 Å². The molecule has 6 nitrogen and oxygen atoms in total. The Labute approximate surface area is 257 Å². The summed E-state index contributed by atoms with van der Waals surface area (Å²) < 4.78 is 16.0. The van der Waals surface area contributed by atoms with Crippen molar-refractivity contribution in [1.82, 2.24) is 0 Å². The molecule has 0 amide bonds. The maximum Gasteiger partial charge on any atom is 0.305 e. The lowest BCUT2D eigenvalue weighted by molar-refractivity contribution is -0.152. The zero-order valence-corrected chi connectivity index (χ0v) is 26.9.